The van der Waals surface area contributed by atoms with Crippen molar-refractivity contribution >= 4 is 40.3 Å². The summed E-state index contributed by atoms with van der Waals surface area (Å²) < 4.78 is 0.638. The van der Waals surface area contributed by atoms with Crippen LogP contribution in [0.2, 0.25) is 0 Å². The minimum absolute atomic E-state index is 0.340. The number of amides is 1. The lowest BCUT2D eigenvalue weighted by molar-refractivity contribution is -0.140. The van der Waals surface area contributed by atoms with Crippen LogP contribution in [-0.2, 0) is 4.79 Å². The molecule has 1 amide bonds. The third-order valence-electron chi connectivity index (χ3n) is 1.66. The Balaban J connectivity index is 2.08. The molecule has 4 heteroatoms. The summed E-state index contributed by atoms with van der Waals surface area (Å²) in [4.78, 5) is 12.7. The van der Waals surface area contributed by atoms with Gasteiger partial charge in [0.25, 0.3) is 0 Å². The van der Waals surface area contributed by atoms with Gasteiger partial charge in [0.1, 0.15) is 0 Å². The Bertz CT molecular complexity index is 163. The molecule has 2 aliphatic heterocycles. The molecule has 2 saturated heterocycles. The number of alkyl halides is 1. The van der Waals surface area contributed by atoms with E-state index in [1.807, 2.05) is 16.7 Å². The molecule has 0 aliphatic carbocycles. The Morgan fingerprint density at radius 2 is 2.56 bits per heavy atom. The van der Waals surface area contributed by atoms with Crippen molar-refractivity contribution in [2.45, 2.75) is 15.1 Å². The Labute approximate surface area is 71.5 Å². The summed E-state index contributed by atoms with van der Waals surface area (Å²) in [6, 6.07) is 0. The number of fused-ring (bicyclic) bond motifs is 1. The largest absolute Gasteiger partial charge is 0.328 e. The molecular weight excluding hydrogens is 249 g/mol. The van der Waals surface area contributed by atoms with Gasteiger partial charge < -0.3 is 4.90 Å². The van der Waals surface area contributed by atoms with Gasteiger partial charge in [0.05, 0.1) is 15.1 Å². The second-order valence-corrected chi connectivity index (χ2v) is 5.99. The highest BCUT2D eigenvalue weighted by Gasteiger charge is 2.43. The number of carbonyl (C=O) groups is 1. The van der Waals surface area contributed by atoms with Gasteiger partial charge in [-0.15, -0.1) is 11.8 Å². The zero-order chi connectivity index (χ0) is 6.43. The molecule has 0 N–H and O–H groups in total. The molecule has 0 aromatic rings. The average Bonchev–Trinajstić information content (AvgIpc) is 2.08. The zero-order valence-corrected chi connectivity index (χ0v) is 7.68. The van der Waals surface area contributed by atoms with E-state index in [2.05, 4.69) is 22.6 Å². The van der Waals surface area contributed by atoms with E-state index in [1.54, 1.807) is 0 Å². The fourth-order valence-electron chi connectivity index (χ4n) is 1.13. The van der Waals surface area contributed by atoms with E-state index in [0.29, 0.717) is 14.5 Å². The van der Waals surface area contributed by atoms with E-state index < -0.39 is 0 Å². The molecule has 50 valence electrons. The molecule has 2 rings (SSSR count). The molecule has 0 saturated carbocycles. The lowest BCUT2D eigenvalue weighted by Gasteiger charge is -2.32. The number of carbonyl (C=O) groups excluding carboxylic acids is 1. The van der Waals surface area contributed by atoms with Gasteiger partial charge in [-0.05, 0) is 0 Å². The Hall–Kier alpha value is 0.550. The van der Waals surface area contributed by atoms with Gasteiger partial charge in [-0.2, -0.15) is 0 Å². The number of nitrogens with zero attached hydrogens (tertiary/aromatic N) is 1. The number of halogens is 1. The molecule has 0 spiro atoms. The number of rotatable bonds is 0. The summed E-state index contributed by atoms with van der Waals surface area (Å²) >= 11 is 4.29. The molecule has 2 aliphatic rings. The molecule has 1 unspecified atom stereocenters. The highest BCUT2D eigenvalue weighted by atomic mass is 127. The highest BCUT2D eigenvalue weighted by molar-refractivity contribution is 14.1. The first-order valence-corrected chi connectivity index (χ1v) is 5.05. The van der Waals surface area contributed by atoms with E-state index >= 15 is 0 Å². The zero-order valence-electron chi connectivity index (χ0n) is 4.71. The van der Waals surface area contributed by atoms with E-state index in [4.69, 9.17) is 0 Å². The summed E-state index contributed by atoms with van der Waals surface area (Å²) in [5.74, 6) is 0.340. The monoisotopic (exact) mass is 255 g/mol. The van der Waals surface area contributed by atoms with Crippen molar-refractivity contribution < 1.29 is 4.79 Å². The van der Waals surface area contributed by atoms with Crippen molar-refractivity contribution in [3.63, 3.8) is 0 Å². The van der Waals surface area contributed by atoms with Crippen molar-refractivity contribution in [1.82, 2.24) is 4.90 Å². The van der Waals surface area contributed by atoms with Gasteiger partial charge in [0.2, 0.25) is 5.91 Å². The lowest BCUT2D eigenvalue weighted by atomic mass is 10.2. The van der Waals surface area contributed by atoms with Crippen LogP contribution in [-0.4, -0.2) is 26.0 Å². The Morgan fingerprint density at radius 1 is 1.78 bits per heavy atom. The Kier molecular flexibility index (Phi) is 1.40. The fraction of sp³-hybridized carbons (Fsp3) is 0.800. The van der Waals surface area contributed by atoms with Gasteiger partial charge in [0.15, 0.2) is 0 Å². The number of β-lactam (4-membered cyclic amide) rings is 1. The maximum Gasteiger partial charge on any atom is 0.226 e. The SMILES string of the molecule is O=C1C[C@H]2SC(I)CN12. The molecule has 0 bridgehead atoms. The van der Waals surface area contributed by atoms with Crippen molar-refractivity contribution in [3.05, 3.63) is 0 Å². The summed E-state index contributed by atoms with van der Waals surface area (Å²) in [6.07, 6.45) is 0.782. The number of hydrogen-bond acceptors (Lipinski definition) is 2. The van der Waals surface area contributed by atoms with Crippen LogP contribution in [0.3, 0.4) is 0 Å². The molecule has 0 aromatic carbocycles. The number of thioether (sulfide) groups is 1. The maximum absolute atomic E-state index is 10.8. The van der Waals surface area contributed by atoms with Crippen LogP contribution in [0.5, 0.6) is 0 Å². The van der Waals surface area contributed by atoms with Gasteiger partial charge in [-0.3, -0.25) is 4.79 Å². The minimum Gasteiger partial charge on any atom is -0.328 e. The first-order valence-electron chi connectivity index (χ1n) is 2.86. The lowest BCUT2D eigenvalue weighted by Crippen LogP contribution is -2.47. The summed E-state index contributed by atoms with van der Waals surface area (Å²) in [7, 11) is 0. The smallest absolute Gasteiger partial charge is 0.226 e. The van der Waals surface area contributed by atoms with Gasteiger partial charge >= 0.3 is 0 Å². The van der Waals surface area contributed by atoms with Gasteiger partial charge in [-0.1, -0.05) is 22.6 Å². The molecular formula is C5H6INOS. The minimum atomic E-state index is 0.340. The van der Waals surface area contributed by atoms with Crippen LogP contribution in [0.4, 0.5) is 0 Å². The highest BCUT2D eigenvalue weighted by Crippen LogP contribution is 2.42. The predicted molar refractivity (Wildman–Crippen MR) is 45.5 cm³/mol. The standard InChI is InChI=1S/C5H6INOS/c6-3-2-7-4(8)1-5(7)9-3/h3,5H,1-2H2/t3?,5-/m1/s1. The average molecular weight is 255 g/mol. The first-order chi connectivity index (χ1) is 4.27. The van der Waals surface area contributed by atoms with E-state index in [9.17, 15) is 4.79 Å². The normalized spacial score (nSPS) is 40.6. The van der Waals surface area contributed by atoms with E-state index in [-0.39, 0.29) is 0 Å². The Morgan fingerprint density at radius 3 is 3.00 bits per heavy atom. The van der Waals surface area contributed by atoms with Crippen LogP contribution in [0.15, 0.2) is 0 Å². The summed E-state index contributed by atoms with van der Waals surface area (Å²) in [6.45, 7) is 0.967. The maximum atomic E-state index is 10.8. The molecule has 0 aromatic heterocycles. The van der Waals surface area contributed by atoms with Crippen LogP contribution in [0.25, 0.3) is 0 Å². The molecule has 0 radical (unpaired) electrons. The predicted octanol–water partition coefficient (Wildman–Crippen LogP) is 1.05. The molecule has 2 fully saturated rings. The third-order valence-corrected chi connectivity index (χ3v) is 4.12. The van der Waals surface area contributed by atoms with Crippen LogP contribution < -0.4 is 0 Å². The van der Waals surface area contributed by atoms with E-state index in [0.717, 1.165) is 13.0 Å². The quantitative estimate of drug-likeness (QED) is 0.366. The molecule has 2 nitrogen and oxygen atoms in total. The van der Waals surface area contributed by atoms with Crippen LogP contribution in [0.1, 0.15) is 6.42 Å². The summed E-state index contributed by atoms with van der Waals surface area (Å²) in [5.41, 5.74) is 0. The number of hydrogen-bond donors (Lipinski definition) is 0. The van der Waals surface area contributed by atoms with E-state index in [1.165, 1.54) is 0 Å². The van der Waals surface area contributed by atoms with Crippen molar-refractivity contribution in [1.29, 1.82) is 0 Å². The first kappa shape index (κ1) is 6.27. The fourth-order valence-corrected chi connectivity index (χ4v) is 3.75. The second kappa shape index (κ2) is 2.02. The van der Waals surface area contributed by atoms with Crippen LogP contribution in [0, 0.1) is 0 Å². The molecule has 9 heavy (non-hydrogen) atoms. The van der Waals surface area contributed by atoms with Gasteiger partial charge in [0, 0.05) is 6.54 Å². The van der Waals surface area contributed by atoms with Crippen molar-refractivity contribution in [2.75, 3.05) is 6.54 Å². The topological polar surface area (TPSA) is 20.3 Å². The molecule has 2 atom stereocenters. The van der Waals surface area contributed by atoms with Crippen molar-refractivity contribution in [3.8, 4) is 0 Å². The third kappa shape index (κ3) is 0.869. The second-order valence-electron chi connectivity index (χ2n) is 2.25. The van der Waals surface area contributed by atoms with Crippen molar-refractivity contribution in [2.24, 2.45) is 0 Å². The summed E-state index contributed by atoms with van der Waals surface area (Å²) in [5, 5.41) is 0.541. The molecule has 2 heterocycles. The van der Waals surface area contributed by atoms with Crippen LogP contribution >= 0.6 is 34.4 Å². The van der Waals surface area contributed by atoms with Gasteiger partial charge in [-0.25, -0.2) is 0 Å².